The van der Waals surface area contributed by atoms with Gasteiger partial charge in [-0.3, -0.25) is 0 Å². The van der Waals surface area contributed by atoms with E-state index in [0.717, 1.165) is 30.7 Å². The number of benzene rings is 1. The molecule has 3 nitrogen and oxygen atoms in total. The van der Waals surface area contributed by atoms with Gasteiger partial charge in [-0.25, -0.2) is 4.98 Å². The van der Waals surface area contributed by atoms with Gasteiger partial charge in [-0.2, -0.15) is 0 Å². The fraction of sp³-hybridized carbons (Fsp3) is 0.471. The Bertz CT molecular complexity index is 559. The van der Waals surface area contributed by atoms with Crippen molar-refractivity contribution < 1.29 is 4.74 Å². The van der Waals surface area contributed by atoms with Gasteiger partial charge >= 0.3 is 0 Å². The van der Waals surface area contributed by atoms with Crippen molar-refractivity contribution >= 4 is 11.0 Å². The number of methoxy groups -OCH3 is 1. The van der Waals surface area contributed by atoms with Crippen molar-refractivity contribution in [2.75, 3.05) is 7.11 Å². The SMILES string of the molecule is C=CCCCCC(Cn1c(C)nc2ccccc21)OC. The maximum atomic E-state index is 5.63. The van der Waals surface area contributed by atoms with Gasteiger partial charge in [0.05, 0.1) is 23.7 Å². The summed E-state index contributed by atoms with van der Waals surface area (Å²) in [6.07, 6.45) is 6.76. The number of hydrogen-bond acceptors (Lipinski definition) is 2. The lowest BCUT2D eigenvalue weighted by Gasteiger charge is -2.17. The quantitative estimate of drug-likeness (QED) is 0.534. The molecule has 2 aromatic rings. The number of nitrogens with zero attached hydrogens (tertiary/aromatic N) is 2. The molecule has 0 aliphatic heterocycles. The molecule has 0 amide bonds. The van der Waals surface area contributed by atoms with Gasteiger partial charge in [0.25, 0.3) is 0 Å². The van der Waals surface area contributed by atoms with Crippen molar-refractivity contribution in [3.05, 3.63) is 42.7 Å². The molecule has 1 atom stereocenters. The Hall–Kier alpha value is -1.61. The van der Waals surface area contributed by atoms with Gasteiger partial charge in [-0.1, -0.05) is 24.6 Å². The Balaban J connectivity index is 2.05. The van der Waals surface area contributed by atoms with Gasteiger partial charge in [-0.05, 0) is 38.3 Å². The normalized spacial score (nSPS) is 12.7. The highest BCUT2D eigenvalue weighted by molar-refractivity contribution is 5.75. The summed E-state index contributed by atoms with van der Waals surface area (Å²) >= 11 is 0. The number of ether oxygens (including phenoxy) is 1. The topological polar surface area (TPSA) is 27.1 Å². The van der Waals surface area contributed by atoms with E-state index in [1.807, 2.05) is 12.1 Å². The number of unbranched alkanes of at least 4 members (excludes halogenated alkanes) is 2. The van der Waals surface area contributed by atoms with Crippen LogP contribution in [0.4, 0.5) is 0 Å². The molecule has 0 radical (unpaired) electrons. The summed E-state index contributed by atoms with van der Waals surface area (Å²) in [4.78, 5) is 4.60. The number of rotatable bonds is 8. The molecule has 2 rings (SSSR count). The molecular weight excluding hydrogens is 248 g/mol. The van der Waals surface area contributed by atoms with Crippen molar-refractivity contribution in [1.82, 2.24) is 9.55 Å². The monoisotopic (exact) mass is 272 g/mol. The number of para-hydroxylation sites is 2. The lowest BCUT2D eigenvalue weighted by Crippen LogP contribution is -2.19. The Kier molecular flexibility index (Phi) is 5.36. The third-order valence-corrected chi connectivity index (χ3v) is 3.75. The molecule has 3 heteroatoms. The zero-order valence-corrected chi connectivity index (χ0v) is 12.5. The summed E-state index contributed by atoms with van der Waals surface area (Å²) in [5, 5.41) is 0. The van der Waals surface area contributed by atoms with E-state index in [4.69, 9.17) is 4.74 Å². The predicted octanol–water partition coefficient (Wildman–Crippen LogP) is 4.11. The number of aryl methyl sites for hydroxylation is 1. The molecule has 0 bridgehead atoms. The molecule has 0 N–H and O–H groups in total. The van der Waals surface area contributed by atoms with Crippen LogP contribution in [0.1, 0.15) is 31.5 Å². The molecule has 0 aliphatic carbocycles. The molecule has 0 aliphatic rings. The van der Waals surface area contributed by atoms with Gasteiger partial charge in [0.1, 0.15) is 5.82 Å². The van der Waals surface area contributed by atoms with Crippen molar-refractivity contribution in [3.8, 4) is 0 Å². The molecular formula is C17H24N2O. The molecule has 1 aromatic heterocycles. The second kappa shape index (κ2) is 7.25. The van der Waals surface area contributed by atoms with Gasteiger partial charge in [0.15, 0.2) is 0 Å². The van der Waals surface area contributed by atoms with Crippen LogP contribution in [0.5, 0.6) is 0 Å². The summed E-state index contributed by atoms with van der Waals surface area (Å²) in [7, 11) is 1.80. The van der Waals surface area contributed by atoms with E-state index >= 15 is 0 Å². The standard InChI is InChI=1S/C17H24N2O/c1-4-5-6-7-10-15(20-3)13-19-14(2)18-16-11-8-9-12-17(16)19/h4,8-9,11-12,15H,1,5-7,10,13H2,2-3H3. The zero-order chi connectivity index (χ0) is 14.4. The van der Waals surface area contributed by atoms with E-state index in [1.54, 1.807) is 7.11 Å². The molecule has 0 saturated carbocycles. The van der Waals surface area contributed by atoms with E-state index in [0.29, 0.717) is 0 Å². The third-order valence-electron chi connectivity index (χ3n) is 3.75. The number of allylic oxidation sites excluding steroid dienone is 1. The van der Waals surface area contributed by atoms with Crippen LogP contribution in [0.25, 0.3) is 11.0 Å². The van der Waals surface area contributed by atoms with Crippen LogP contribution < -0.4 is 0 Å². The van der Waals surface area contributed by atoms with Gasteiger partial charge in [-0.15, -0.1) is 6.58 Å². The first-order chi connectivity index (χ1) is 9.76. The largest absolute Gasteiger partial charge is 0.380 e. The number of aromatic nitrogens is 2. The summed E-state index contributed by atoms with van der Waals surface area (Å²) < 4.78 is 7.89. The number of fused-ring (bicyclic) bond motifs is 1. The first-order valence-corrected chi connectivity index (χ1v) is 7.31. The molecule has 20 heavy (non-hydrogen) atoms. The Labute approximate surface area is 121 Å². The minimum atomic E-state index is 0.246. The lowest BCUT2D eigenvalue weighted by molar-refractivity contribution is 0.0789. The first-order valence-electron chi connectivity index (χ1n) is 7.31. The van der Waals surface area contributed by atoms with Crippen LogP contribution in [0.3, 0.4) is 0 Å². The molecule has 0 spiro atoms. The van der Waals surface area contributed by atoms with Crippen molar-refractivity contribution in [2.24, 2.45) is 0 Å². The average molecular weight is 272 g/mol. The van der Waals surface area contributed by atoms with Crippen molar-refractivity contribution in [2.45, 2.75) is 45.3 Å². The van der Waals surface area contributed by atoms with Gasteiger partial charge in [0, 0.05) is 7.11 Å². The van der Waals surface area contributed by atoms with Crippen LogP contribution in [0, 0.1) is 6.92 Å². The summed E-state index contributed by atoms with van der Waals surface area (Å²) in [6, 6.07) is 8.28. The van der Waals surface area contributed by atoms with Crippen LogP contribution >= 0.6 is 0 Å². The zero-order valence-electron chi connectivity index (χ0n) is 12.5. The van der Waals surface area contributed by atoms with E-state index in [9.17, 15) is 0 Å². The minimum Gasteiger partial charge on any atom is -0.380 e. The molecule has 0 saturated heterocycles. The molecule has 1 aromatic carbocycles. The highest BCUT2D eigenvalue weighted by Gasteiger charge is 2.13. The average Bonchev–Trinajstić information content (AvgIpc) is 2.78. The fourth-order valence-corrected chi connectivity index (χ4v) is 2.57. The van der Waals surface area contributed by atoms with Crippen LogP contribution in [0.15, 0.2) is 36.9 Å². The molecule has 1 heterocycles. The first kappa shape index (κ1) is 14.8. The highest BCUT2D eigenvalue weighted by Crippen LogP contribution is 2.18. The Morgan fingerprint density at radius 3 is 2.90 bits per heavy atom. The van der Waals surface area contributed by atoms with Crippen LogP contribution in [-0.2, 0) is 11.3 Å². The van der Waals surface area contributed by atoms with E-state index in [1.165, 1.54) is 18.4 Å². The fourth-order valence-electron chi connectivity index (χ4n) is 2.57. The van der Waals surface area contributed by atoms with Crippen molar-refractivity contribution in [3.63, 3.8) is 0 Å². The number of hydrogen-bond donors (Lipinski definition) is 0. The van der Waals surface area contributed by atoms with E-state index in [-0.39, 0.29) is 6.10 Å². The lowest BCUT2D eigenvalue weighted by atomic mass is 10.1. The maximum Gasteiger partial charge on any atom is 0.106 e. The summed E-state index contributed by atoms with van der Waals surface area (Å²) in [5.41, 5.74) is 2.25. The van der Waals surface area contributed by atoms with E-state index in [2.05, 4.69) is 41.3 Å². The smallest absolute Gasteiger partial charge is 0.106 e. The van der Waals surface area contributed by atoms with Crippen LogP contribution in [0.2, 0.25) is 0 Å². The van der Waals surface area contributed by atoms with Crippen LogP contribution in [-0.4, -0.2) is 22.8 Å². The summed E-state index contributed by atoms with van der Waals surface area (Å²) in [6.45, 7) is 6.69. The molecule has 1 unspecified atom stereocenters. The third kappa shape index (κ3) is 3.48. The van der Waals surface area contributed by atoms with Gasteiger partial charge < -0.3 is 9.30 Å². The summed E-state index contributed by atoms with van der Waals surface area (Å²) in [5.74, 6) is 1.05. The minimum absolute atomic E-state index is 0.246. The molecule has 0 fully saturated rings. The highest BCUT2D eigenvalue weighted by atomic mass is 16.5. The predicted molar refractivity (Wildman–Crippen MR) is 83.9 cm³/mol. The number of imidazole rings is 1. The van der Waals surface area contributed by atoms with Gasteiger partial charge in [0.2, 0.25) is 0 Å². The molecule has 108 valence electrons. The second-order valence-corrected chi connectivity index (χ2v) is 5.19. The van der Waals surface area contributed by atoms with Crippen molar-refractivity contribution in [1.29, 1.82) is 0 Å². The van der Waals surface area contributed by atoms with E-state index < -0.39 is 0 Å². The maximum absolute atomic E-state index is 5.63. The second-order valence-electron chi connectivity index (χ2n) is 5.19. The Morgan fingerprint density at radius 1 is 1.35 bits per heavy atom. The Morgan fingerprint density at radius 2 is 2.15 bits per heavy atom.